The van der Waals surface area contributed by atoms with Crippen LogP contribution in [0.3, 0.4) is 0 Å². The van der Waals surface area contributed by atoms with E-state index in [0.29, 0.717) is 31.7 Å². The summed E-state index contributed by atoms with van der Waals surface area (Å²) in [5.41, 5.74) is 1.81. The Morgan fingerprint density at radius 1 is 1.05 bits per heavy atom. The number of hydrogen-bond acceptors (Lipinski definition) is 3. The van der Waals surface area contributed by atoms with Gasteiger partial charge in [0.1, 0.15) is 0 Å². The summed E-state index contributed by atoms with van der Waals surface area (Å²) in [5, 5.41) is 0. The van der Waals surface area contributed by atoms with Gasteiger partial charge in [-0.2, -0.15) is 0 Å². The highest BCUT2D eigenvalue weighted by Gasteiger charge is 2.23. The van der Waals surface area contributed by atoms with Crippen LogP contribution < -0.4 is 4.90 Å². The molecule has 0 saturated carbocycles. The third kappa shape index (κ3) is 3.54. The smallest absolute Gasteiger partial charge is 0.253 e. The van der Waals surface area contributed by atoms with Crippen molar-refractivity contribution >= 4 is 17.5 Å². The minimum atomic E-state index is 0.0453. The highest BCUT2D eigenvalue weighted by molar-refractivity contribution is 5.94. The number of hydrogen-bond donors (Lipinski definition) is 0. The van der Waals surface area contributed by atoms with Gasteiger partial charge in [-0.25, -0.2) is 0 Å². The van der Waals surface area contributed by atoms with Gasteiger partial charge in [-0.05, 0) is 31.2 Å². The summed E-state index contributed by atoms with van der Waals surface area (Å²) in [5.74, 6) is 0.123. The molecule has 0 radical (unpaired) electrons. The maximum Gasteiger partial charge on any atom is 0.253 e. The van der Waals surface area contributed by atoms with Gasteiger partial charge in [0.2, 0.25) is 5.91 Å². The van der Waals surface area contributed by atoms with Crippen LogP contribution in [0.5, 0.6) is 0 Å². The molecule has 5 heteroatoms. The lowest BCUT2D eigenvalue weighted by Gasteiger charge is -2.34. The molecule has 0 N–H and O–H groups in total. The lowest BCUT2D eigenvalue weighted by Crippen LogP contribution is -2.50. The molecule has 0 unspecified atom stereocenters. The average molecular weight is 289 g/mol. The Bertz CT molecular complexity index is 505. The van der Waals surface area contributed by atoms with E-state index in [1.54, 1.807) is 11.8 Å². The minimum absolute atomic E-state index is 0.0453. The minimum Gasteiger partial charge on any atom is -0.375 e. The van der Waals surface area contributed by atoms with Crippen LogP contribution in [0.1, 0.15) is 24.2 Å². The SMILES string of the molecule is CCN(C)c1ccc(C(=O)N2CCN(C(C)=O)CC2)cc1. The van der Waals surface area contributed by atoms with E-state index in [1.807, 2.05) is 36.2 Å². The third-order valence-electron chi connectivity index (χ3n) is 4.04. The Hall–Kier alpha value is -2.04. The first-order chi connectivity index (χ1) is 10.0. The molecule has 1 aliphatic heterocycles. The van der Waals surface area contributed by atoms with E-state index < -0.39 is 0 Å². The number of amides is 2. The predicted molar refractivity (Wildman–Crippen MR) is 83.5 cm³/mol. The van der Waals surface area contributed by atoms with E-state index in [0.717, 1.165) is 12.2 Å². The van der Waals surface area contributed by atoms with Gasteiger partial charge < -0.3 is 14.7 Å². The van der Waals surface area contributed by atoms with Crippen molar-refractivity contribution in [2.45, 2.75) is 13.8 Å². The molecule has 21 heavy (non-hydrogen) atoms. The molecule has 1 saturated heterocycles. The van der Waals surface area contributed by atoms with Crippen molar-refractivity contribution in [1.82, 2.24) is 9.80 Å². The lowest BCUT2D eigenvalue weighted by molar-refractivity contribution is -0.130. The standard InChI is InChI=1S/C16H23N3O2/c1-4-17(3)15-7-5-14(6-8-15)16(21)19-11-9-18(10-12-19)13(2)20/h5-8H,4,9-12H2,1-3H3. The molecule has 0 spiro atoms. The first kappa shape index (κ1) is 15.4. The Kier molecular flexibility index (Phi) is 4.83. The second kappa shape index (κ2) is 6.61. The molecular weight excluding hydrogens is 266 g/mol. The molecule has 1 aliphatic rings. The van der Waals surface area contributed by atoms with Crippen LogP contribution >= 0.6 is 0 Å². The molecule has 0 atom stereocenters. The van der Waals surface area contributed by atoms with Crippen LogP contribution in [0.25, 0.3) is 0 Å². The van der Waals surface area contributed by atoms with Gasteiger partial charge in [0, 0.05) is 57.9 Å². The van der Waals surface area contributed by atoms with Crippen molar-refractivity contribution in [2.75, 3.05) is 44.7 Å². The van der Waals surface area contributed by atoms with Crippen LogP contribution in [0.15, 0.2) is 24.3 Å². The normalized spacial score (nSPS) is 15.0. The second-order valence-electron chi connectivity index (χ2n) is 5.36. The fourth-order valence-electron chi connectivity index (χ4n) is 2.45. The third-order valence-corrected chi connectivity index (χ3v) is 4.04. The average Bonchev–Trinajstić information content (AvgIpc) is 2.53. The number of anilines is 1. The van der Waals surface area contributed by atoms with Crippen LogP contribution in [0.4, 0.5) is 5.69 Å². The summed E-state index contributed by atoms with van der Waals surface area (Å²) < 4.78 is 0. The Labute approximate surface area is 126 Å². The molecule has 1 fully saturated rings. The molecule has 5 nitrogen and oxygen atoms in total. The van der Waals surface area contributed by atoms with Gasteiger partial charge in [-0.1, -0.05) is 0 Å². The van der Waals surface area contributed by atoms with Gasteiger partial charge >= 0.3 is 0 Å². The van der Waals surface area contributed by atoms with Gasteiger partial charge in [-0.15, -0.1) is 0 Å². The highest BCUT2D eigenvalue weighted by atomic mass is 16.2. The molecule has 0 bridgehead atoms. The number of carbonyl (C=O) groups is 2. The fourth-order valence-corrected chi connectivity index (χ4v) is 2.45. The summed E-state index contributed by atoms with van der Waals surface area (Å²) in [6.07, 6.45) is 0. The molecule has 2 rings (SSSR count). The first-order valence-electron chi connectivity index (χ1n) is 7.39. The zero-order valence-corrected chi connectivity index (χ0v) is 13.0. The van der Waals surface area contributed by atoms with Crippen molar-refractivity contribution < 1.29 is 9.59 Å². The van der Waals surface area contributed by atoms with E-state index in [1.165, 1.54) is 0 Å². The fraction of sp³-hybridized carbons (Fsp3) is 0.500. The second-order valence-corrected chi connectivity index (χ2v) is 5.36. The Balaban J connectivity index is 1.99. The monoisotopic (exact) mass is 289 g/mol. The van der Waals surface area contributed by atoms with Crippen molar-refractivity contribution in [2.24, 2.45) is 0 Å². The largest absolute Gasteiger partial charge is 0.375 e. The topological polar surface area (TPSA) is 43.9 Å². The number of carbonyl (C=O) groups excluding carboxylic acids is 2. The maximum atomic E-state index is 12.4. The quantitative estimate of drug-likeness (QED) is 0.846. The van der Waals surface area contributed by atoms with Crippen molar-refractivity contribution in [1.29, 1.82) is 0 Å². The van der Waals surface area contributed by atoms with E-state index in [4.69, 9.17) is 0 Å². The Morgan fingerprint density at radius 2 is 1.57 bits per heavy atom. The summed E-state index contributed by atoms with van der Waals surface area (Å²) in [4.78, 5) is 29.5. The molecule has 0 aromatic heterocycles. The number of benzene rings is 1. The number of piperazine rings is 1. The van der Waals surface area contributed by atoms with Gasteiger partial charge in [0.05, 0.1) is 0 Å². The first-order valence-corrected chi connectivity index (χ1v) is 7.39. The summed E-state index contributed by atoms with van der Waals surface area (Å²) in [6.45, 7) is 7.05. The van der Waals surface area contributed by atoms with Crippen LogP contribution in [0, 0.1) is 0 Å². The van der Waals surface area contributed by atoms with Gasteiger partial charge in [-0.3, -0.25) is 9.59 Å². The van der Waals surface area contributed by atoms with E-state index in [9.17, 15) is 9.59 Å². The van der Waals surface area contributed by atoms with Crippen molar-refractivity contribution in [3.63, 3.8) is 0 Å². The summed E-state index contributed by atoms with van der Waals surface area (Å²) in [6, 6.07) is 7.70. The Morgan fingerprint density at radius 3 is 2.05 bits per heavy atom. The molecule has 1 heterocycles. The van der Waals surface area contributed by atoms with E-state index in [2.05, 4.69) is 11.8 Å². The predicted octanol–water partition coefficient (Wildman–Crippen LogP) is 1.45. The van der Waals surface area contributed by atoms with Crippen LogP contribution in [0.2, 0.25) is 0 Å². The molecule has 114 valence electrons. The van der Waals surface area contributed by atoms with E-state index >= 15 is 0 Å². The van der Waals surface area contributed by atoms with Crippen molar-refractivity contribution in [3.8, 4) is 0 Å². The highest BCUT2D eigenvalue weighted by Crippen LogP contribution is 2.15. The molecular formula is C16H23N3O2. The van der Waals surface area contributed by atoms with Crippen molar-refractivity contribution in [3.05, 3.63) is 29.8 Å². The number of nitrogens with zero attached hydrogens (tertiary/aromatic N) is 3. The molecule has 1 aromatic rings. The maximum absolute atomic E-state index is 12.4. The molecule has 0 aliphatic carbocycles. The van der Waals surface area contributed by atoms with E-state index in [-0.39, 0.29) is 11.8 Å². The summed E-state index contributed by atoms with van der Waals surface area (Å²) in [7, 11) is 2.03. The summed E-state index contributed by atoms with van der Waals surface area (Å²) >= 11 is 0. The lowest BCUT2D eigenvalue weighted by atomic mass is 10.1. The zero-order chi connectivity index (χ0) is 15.4. The van der Waals surface area contributed by atoms with Gasteiger partial charge in [0.25, 0.3) is 5.91 Å². The zero-order valence-electron chi connectivity index (χ0n) is 13.0. The number of rotatable bonds is 3. The molecule has 1 aromatic carbocycles. The molecule has 2 amide bonds. The van der Waals surface area contributed by atoms with Crippen LogP contribution in [-0.2, 0) is 4.79 Å². The van der Waals surface area contributed by atoms with Crippen LogP contribution in [-0.4, -0.2) is 61.4 Å². The van der Waals surface area contributed by atoms with Gasteiger partial charge in [0.15, 0.2) is 0 Å².